The zero-order chi connectivity index (χ0) is 22.0. The molecule has 8 nitrogen and oxygen atoms in total. The van der Waals surface area contributed by atoms with E-state index in [9.17, 15) is 0 Å². The maximum absolute atomic E-state index is 8.79. The van der Waals surface area contributed by atoms with E-state index in [2.05, 4.69) is 12.1 Å². The summed E-state index contributed by atoms with van der Waals surface area (Å²) in [4.78, 5) is 6.49. The van der Waals surface area contributed by atoms with Gasteiger partial charge in [0.2, 0.25) is 11.6 Å². The number of nitrogens with one attached hydrogen (secondary N) is 1. The maximum Gasteiger partial charge on any atom is 0.205 e. The van der Waals surface area contributed by atoms with Crippen LogP contribution in [0.15, 0.2) is 47.5 Å². The number of thioether (sulfide) groups is 1. The molecule has 9 heteroatoms. The summed E-state index contributed by atoms with van der Waals surface area (Å²) in [5.41, 5.74) is 7.82. The number of amidine groups is 1. The molecule has 0 spiro atoms. The predicted molar refractivity (Wildman–Crippen MR) is 123 cm³/mol. The number of hydrogen-bond donors (Lipinski definition) is 2. The first-order valence-electron chi connectivity index (χ1n) is 9.88. The topological polar surface area (TPSA) is 102 Å². The number of benzene rings is 2. The fraction of sp³-hybridized carbons (Fsp3) is 0.364. The smallest absolute Gasteiger partial charge is 0.205 e. The summed E-state index contributed by atoms with van der Waals surface area (Å²) in [5.74, 6) is 2.36. The van der Waals surface area contributed by atoms with Crippen LogP contribution in [0.25, 0.3) is 0 Å². The lowest BCUT2D eigenvalue weighted by Gasteiger charge is -2.24. The molecule has 0 bridgehead atoms. The Hall–Kier alpha value is -2.91. The van der Waals surface area contributed by atoms with Gasteiger partial charge in [-0.1, -0.05) is 42.1 Å². The number of hydrogen-bond acceptors (Lipinski definition) is 8. The van der Waals surface area contributed by atoms with E-state index in [-0.39, 0.29) is 11.3 Å². The average Bonchev–Trinajstić information content (AvgIpc) is 3.36. The molecule has 2 heterocycles. The molecule has 0 radical (unpaired) electrons. The third-order valence-electron chi connectivity index (χ3n) is 5.24. The molecular formula is C22H26N4O4S. The molecule has 1 fully saturated rings. The molecule has 3 atom stereocenters. The Labute approximate surface area is 185 Å². The van der Waals surface area contributed by atoms with Gasteiger partial charge in [0.15, 0.2) is 11.5 Å². The molecule has 0 aromatic heterocycles. The first-order chi connectivity index (χ1) is 15.0. The van der Waals surface area contributed by atoms with Gasteiger partial charge in [-0.15, -0.1) is 0 Å². The average molecular weight is 443 g/mol. The standard InChI is InChI=1S/C22H26N4O4S/c1-27-16-10-15(11-17(28-2)18(16)29-3)26-20(23)19(31-22(26)24)21-25-14(12-30-21)9-13-7-5-4-6-8-13/h4-8,10-11,14,19,22-23H,9,12,24H2,1-3H3. The van der Waals surface area contributed by atoms with Crippen molar-refractivity contribution in [2.45, 2.75) is 23.2 Å². The molecule has 0 saturated carbocycles. The fourth-order valence-corrected chi connectivity index (χ4v) is 4.89. The molecule has 2 aromatic rings. The van der Waals surface area contributed by atoms with E-state index >= 15 is 0 Å². The van der Waals surface area contributed by atoms with Crippen LogP contribution < -0.4 is 24.8 Å². The molecule has 0 amide bonds. The van der Waals surface area contributed by atoms with Crippen LogP contribution in [-0.2, 0) is 11.2 Å². The number of nitrogens with two attached hydrogens (primary N) is 1. The van der Waals surface area contributed by atoms with Crippen LogP contribution in [0.4, 0.5) is 5.69 Å². The van der Waals surface area contributed by atoms with Gasteiger partial charge < -0.3 is 29.6 Å². The van der Waals surface area contributed by atoms with Crippen molar-refractivity contribution in [2.24, 2.45) is 10.7 Å². The van der Waals surface area contributed by atoms with Crippen molar-refractivity contribution in [3.8, 4) is 17.2 Å². The maximum atomic E-state index is 8.79. The molecule has 2 aliphatic heterocycles. The Morgan fingerprint density at radius 2 is 1.81 bits per heavy atom. The van der Waals surface area contributed by atoms with Crippen molar-refractivity contribution in [3.63, 3.8) is 0 Å². The van der Waals surface area contributed by atoms with Crippen LogP contribution in [-0.4, -0.2) is 56.5 Å². The van der Waals surface area contributed by atoms with Gasteiger partial charge in [-0.25, -0.2) is 4.99 Å². The monoisotopic (exact) mass is 442 g/mol. The summed E-state index contributed by atoms with van der Waals surface area (Å²) in [6.07, 6.45) is 0.803. The van der Waals surface area contributed by atoms with Gasteiger partial charge in [-0.05, 0) is 12.0 Å². The Kier molecular flexibility index (Phi) is 6.24. The van der Waals surface area contributed by atoms with Crippen molar-refractivity contribution < 1.29 is 18.9 Å². The highest BCUT2D eigenvalue weighted by Gasteiger charge is 2.42. The second-order valence-electron chi connectivity index (χ2n) is 7.17. The number of rotatable bonds is 7. The molecule has 3 unspecified atom stereocenters. The van der Waals surface area contributed by atoms with E-state index in [0.29, 0.717) is 41.3 Å². The molecule has 164 valence electrons. The zero-order valence-corrected chi connectivity index (χ0v) is 18.5. The summed E-state index contributed by atoms with van der Waals surface area (Å²) in [5, 5.41) is 8.42. The summed E-state index contributed by atoms with van der Waals surface area (Å²) in [6, 6.07) is 13.8. The summed E-state index contributed by atoms with van der Waals surface area (Å²) in [6.45, 7) is 0.508. The van der Waals surface area contributed by atoms with Crippen molar-refractivity contribution in [3.05, 3.63) is 48.0 Å². The fourth-order valence-electron chi connectivity index (χ4n) is 3.77. The minimum absolute atomic E-state index is 0.0391. The quantitative estimate of drug-likeness (QED) is 0.680. The van der Waals surface area contributed by atoms with Gasteiger partial charge in [0, 0.05) is 12.1 Å². The molecular weight excluding hydrogens is 416 g/mol. The molecule has 4 rings (SSSR count). The van der Waals surface area contributed by atoms with Gasteiger partial charge in [-0.2, -0.15) is 0 Å². The van der Waals surface area contributed by atoms with Crippen molar-refractivity contribution in [2.75, 3.05) is 32.8 Å². The first-order valence-corrected chi connectivity index (χ1v) is 10.8. The number of aliphatic imine (C=N–C) groups is 1. The van der Waals surface area contributed by atoms with Gasteiger partial charge in [0.25, 0.3) is 0 Å². The lowest BCUT2D eigenvalue weighted by atomic mass is 10.1. The largest absolute Gasteiger partial charge is 0.493 e. The highest BCUT2D eigenvalue weighted by molar-refractivity contribution is 8.02. The van der Waals surface area contributed by atoms with Crippen molar-refractivity contribution in [1.82, 2.24) is 0 Å². The van der Waals surface area contributed by atoms with Crippen LogP contribution in [0.5, 0.6) is 17.2 Å². The Bertz CT molecular complexity index is 960. The van der Waals surface area contributed by atoms with Crippen molar-refractivity contribution in [1.29, 1.82) is 5.41 Å². The molecule has 3 N–H and O–H groups in total. The van der Waals surface area contributed by atoms with Crippen LogP contribution >= 0.6 is 11.8 Å². The van der Waals surface area contributed by atoms with Gasteiger partial charge in [-0.3, -0.25) is 5.41 Å². The van der Waals surface area contributed by atoms with E-state index in [4.69, 9.17) is 35.1 Å². The third kappa shape index (κ3) is 4.15. The number of anilines is 1. The third-order valence-corrected chi connectivity index (χ3v) is 6.42. The number of nitrogens with zero attached hydrogens (tertiary/aromatic N) is 2. The van der Waals surface area contributed by atoms with E-state index in [0.717, 1.165) is 6.42 Å². The van der Waals surface area contributed by atoms with E-state index in [1.165, 1.54) is 17.3 Å². The molecule has 31 heavy (non-hydrogen) atoms. The predicted octanol–water partition coefficient (Wildman–Crippen LogP) is 2.89. The van der Waals surface area contributed by atoms with Gasteiger partial charge in [0.1, 0.15) is 23.2 Å². The first kappa shape index (κ1) is 21.3. The normalized spacial score (nSPS) is 22.8. The van der Waals surface area contributed by atoms with Crippen LogP contribution in [0, 0.1) is 5.41 Å². The van der Waals surface area contributed by atoms with E-state index in [1.54, 1.807) is 38.4 Å². The van der Waals surface area contributed by atoms with Crippen LogP contribution in [0.2, 0.25) is 0 Å². The second kappa shape index (κ2) is 9.07. The SMILES string of the molecule is COc1cc(N2C(=N)C(C3=NC(Cc4ccccc4)CO3)SC2N)cc(OC)c1OC. The highest BCUT2D eigenvalue weighted by atomic mass is 32.2. The molecule has 0 aliphatic carbocycles. The zero-order valence-electron chi connectivity index (χ0n) is 17.7. The second-order valence-corrected chi connectivity index (χ2v) is 8.39. The Morgan fingerprint density at radius 1 is 1.13 bits per heavy atom. The number of ether oxygens (including phenoxy) is 4. The van der Waals surface area contributed by atoms with Gasteiger partial charge >= 0.3 is 0 Å². The number of methoxy groups -OCH3 is 3. The highest BCUT2D eigenvalue weighted by Crippen LogP contribution is 2.44. The van der Waals surface area contributed by atoms with Crippen LogP contribution in [0.3, 0.4) is 0 Å². The minimum atomic E-state index is -0.472. The summed E-state index contributed by atoms with van der Waals surface area (Å²) in [7, 11) is 4.67. The van der Waals surface area contributed by atoms with Crippen molar-refractivity contribution >= 4 is 29.2 Å². The summed E-state index contributed by atoms with van der Waals surface area (Å²) >= 11 is 1.43. The Morgan fingerprint density at radius 3 is 2.42 bits per heavy atom. The van der Waals surface area contributed by atoms with E-state index in [1.807, 2.05) is 18.2 Å². The minimum Gasteiger partial charge on any atom is -0.493 e. The molecule has 1 saturated heterocycles. The summed E-state index contributed by atoms with van der Waals surface area (Å²) < 4.78 is 22.2. The lowest BCUT2D eigenvalue weighted by molar-refractivity contribution is 0.313. The van der Waals surface area contributed by atoms with Gasteiger partial charge in [0.05, 0.1) is 33.1 Å². The lowest BCUT2D eigenvalue weighted by Crippen LogP contribution is -2.40. The van der Waals surface area contributed by atoms with Crippen LogP contribution in [0.1, 0.15) is 5.56 Å². The molecule has 2 aliphatic rings. The molecule has 2 aromatic carbocycles. The van der Waals surface area contributed by atoms with E-state index < -0.39 is 5.50 Å². The Balaban J connectivity index is 1.56.